The third-order valence-electron chi connectivity index (χ3n) is 10.9. The summed E-state index contributed by atoms with van der Waals surface area (Å²) in [7, 11) is -17.1. The lowest BCUT2D eigenvalue weighted by Gasteiger charge is -2.30. The number of hydrogen-bond donors (Lipinski definition) is 0. The summed E-state index contributed by atoms with van der Waals surface area (Å²) in [5.41, 5.74) is 0. The van der Waals surface area contributed by atoms with Crippen LogP contribution in [0.25, 0.3) is 0 Å². The molecule has 19 heteroatoms. The summed E-state index contributed by atoms with van der Waals surface area (Å²) >= 11 is 0.995. The van der Waals surface area contributed by atoms with E-state index < -0.39 is 85.4 Å². The zero-order valence-corrected chi connectivity index (χ0v) is 40.0. The maximum atomic E-state index is 12.8. The Bertz CT molecular complexity index is 1490. The molecule has 0 aromatic rings. The van der Waals surface area contributed by atoms with Crippen LogP contribution in [0.5, 0.6) is 0 Å². The van der Waals surface area contributed by atoms with Crippen molar-refractivity contribution < 1.29 is 47.9 Å². The van der Waals surface area contributed by atoms with Crippen molar-refractivity contribution in [3.63, 3.8) is 0 Å². The summed E-state index contributed by atoms with van der Waals surface area (Å²) < 4.78 is 134. The van der Waals surface area contributed by atoms with E-state index in [2.05, 4.69) is 25.7 Å². The van der Waals surface area contributed by atoms with Gasteiger partial charge in [-0.1, -0.05) is 97.8 Å². The maximum absolute atomic E-state index is 12.8. The molecule has 0 unspecified atom stereocenters. The molecule has 4 aliphatic carbocycles. The van der Waals surface area contributed by atoms with Crippen LogP contribution in [0.4, 0.5) is 4.39 Å². The first-order valence-corrected chi connectivity index (χ1v) is 31.5. The fraction of sp³-hybridized carbons (Fsp3) is 1.00. The Balaban J connectivity index is 0.000000786. The number of alkyl halides is 1. The van der Waals surface area contributed by atoms with Gasteiger partial charge >= 0.3 is 0 Å². The average molecular weight is 925 g/mol. The van der Waals surface area contributed by atoms with Crippen LogP contribution in [0, 0.1) is 0 Å². The summed E-state index contributed by atoms with van der Waals surface area (Å²) in [5.74, 6) is 0. The third kappa shape index (κ3) is 20.4. The van der Waals surface area contributed by atoms with Crippen LogP contribution in [0.2, 0.25) is 0 Å². The van der Waals surface area contributed by atoms with Gasteiger partial charge in [0.15, 0.2) is 53.3 Å². The summed E-state index contributed by atoms with van der Waals surface area (Å²) in [6.07, 6.45) is 20.9. The molecule has 0 heterocycles. The van der Waals surface area contributed by atoms with E-state index in [-0.39, 0.29) is 0 Å². The zero-order valence-electron chi connectivity index (χ0n) is 35.3. The van der Waals surface area contributed by atoms with Gasteiger partial charge in [-0.2, -0.15) is 0 Å². The standard InChI is InChI=1S/C14H26O4S3.C13H24O4S2.C6H15N.C2H6O2S2.CH3F/c1-19-14(20(15,16)12-8-4-2-5-9-12)21(17,18)13-10-6-3-7-11-13;14-18(15,12-7-3-1-4-8-12)11-19(16,17)13-9-5-2-6-10-13;1-4-7(5-2)6-3;1-5-6(2,3)4;1-2/h12-14H,2-11H2,1H3;12-13H,1-11H2;4-6H2,1-3H3;1-2H3;1H3/i;;;;1D. The summed E-state index contributed by atoms with van der Waals surface area (Å²) in [4.78, 5) is 2.38. The minimum atomic E-state index is -3.61. The smallest absolute Gasteiger partial charge is 0.208 e. The van der Waals surface area contributed by atoms with Gasteiger partial charge in [-0.15, -0.1) is 11.8 Å². The monoisotopic (exact) mass is 924 g/mol. The van der Waals surface area contributed by atoms with E-state index in [0.717, 1.165) is 99.6 Å². The van der Waals surface area contributed by atoms with Gasteiger partial charge in [0.05, 0.1) is 29.5 Å². The first kappa shape index (κ1) is 53.4. The molecule has 4 fully saturated rings. The molecule has 332 valence electrons. The second kappa shape index (κ2) is 28.0. The second-order valence-corrected chi connectivity index (χ2v) is 30.6. The fourth-order valence-corrected chi connectivity index (χ4v) is 21.1. The predicted molar refractivity (Wildman–Crippen MR) is 234 cm³/mol. The molecule has 0 spiro atoms. The van der Waals surface area contributed by atoms with Crippen molar-refractivity contribution in [3.05, 3.63) is 0 Å². The SMILES string of the molecule is CCN(CC)CC.CSC(S(=O)(=O)C1CCCCC1)S(=O)(=O)C1CCCCC1.CSS(C)(=O)=O.O=S(=O)(CS(=O)(=O)C1CCCCC1)C1CCCCC1.[2H]CF. The highest BCUT2D eigenvalue weighted by molar-refractivity contribution is 8.71. The number of halogens is 1. The lowest BCUT2D eigenvalue weighted by molar-refractivity contribution is 0.321. The van der Waals surface area contributed by atoms with E-state index in [4.69, 9.17) is 1.37 Å². The predicted octanol–water partition coefficient (Wildman–Crippen LogP) is 7.81. The van der Waals surface area contributed by atoms with E-state index in [1.54, 1.807) is 6.26 Å². The van der Waals surface area contributed by atoms with Crippen LogP contribution in [0.15, 0.2) is 0 Å². The zero-order chi connectivity index (χ0) is 43.1. The highest BCUT2D eigenvalue weighted by Crippen LogP contribution is 2.37. The van der Waals surface area contributed by atoms with Gasteiger partial charge in [0.1, 0.15) is 0 Å². The molecular weight excluding hydrogens is 850 g/mol. The van der Waals surface area contributed by atoms with Gasteiger partial charge in [0.25, 0.3) is 0 Å². The molecule has 55 heavy (non-hydrogen) atoms. The van der Waals surface area contributed by atoms with Gasteiger partial charge in [-0.05, 0) is 94.3 Å². The molecule has 4 aliphatic rings. The molecule has 0 aromatic carbocycles. The number of thioether (sulfide) groups is 1. The third-order valence-corrected chi connectivity index (χ3v) is 27.5. The summed E-state index contributed by atoms with van der Waals surface area (Å²) in [6, 6.07) is 0. The number of nitrogens with zero attached hydrogens (tertiary/aromatic N) is 1. The Morgan fingerprint density at radius 1 is 0.545 bits per heavy atom. The van der Waals surface area contributed by atoms with E-state index in [1.807, 2.05) is 0 Å². The Morgan fingerprint density at radius 2 is 0.782 bits per heavy atom. The van der Waals surface area contributed by atoms with Gasteiger partial charge < -0.3 is 4.90 Å². The highest BCUT2D eigenvalue weighted by Gasteiger charge is 2.46. The second-order valence-electron chi connectivity index (χ2n) is 14.7. The van der Waals surface area contributed by atoms with Crippen LogP contribution in [-0.4, -0.2) is 123 Å². The molecule has 0 bridgehead atoms. The largest absolute Gasteiger partial charge is 0.304 e. The van der Waals surface area contributed by atoms with Gasteiger partial charge in [-0.25, -0.2) is 42.1 Å². The minimum absolute atomic E-state index is 0.417. The van der Waals surface area contributed by atoms with E-state index in [0.29, 0.717) is 51.4 Å². The van der Waals surface area contributed by atoms with Crippen LogP contribution >= 0.6 is 22.6 Å². The molecule has 0 atom stereocenters. The van der Waals surface area contributed by atoms with Crippen LogP contribution < -0.4 is 0 Å². The van der Waals surface area contributed by atoms with Crippen LogP contribution in [0.1, 0.15) is 151 Å². The topological polar surface area (TPSA) is 174 Å². The van der Waals surface area contributed by atoms with Gasteiger partial charge in [0.2, 0.25) is 3.91 Å². The Kier molecular flexibility index (Phi) is 27.1. The lowest BCUT2D eigenvalue weighted by Crippen LogP contribution is -2.41. The van der Waals surface area contributed by atoms with Crippen molar-refractivity contribution in [3.8, 4) is 0 Å². The Morgan fingerprint density at radius 3 is 0.964 bits per heavy atom. The molecule has 4 saturated carbocycles. The van der Waals surface area contributed by atoms with E-state index >= 15 is 0 Å². The summed E-state index contributed by atoms with van der Waals surface area (Å²) in [6.45, 7) is 10.1. The van der Waals surface area contributed by atoms with Crippen molar-refractivity contribution >= 4 is 70.8 Å². The van der Waals surface area contributed by atoms with Crippen molar-refractivity contribution in [1.29, 1.82) is 0 Å². The maximum Gasteiger partial charge on any atom is 0.208 e. The molecule has 4 rings (SSSR count). The average Bonchev–Trinajstić information content (AvgIpc) is 3.17. The van der Waals surface area contributed by atoms with Crippen LogP contribution in [0.3, 0.4) is 0 Å². The Hall–Kier alpha value is 0.340. The van der Waals surface area contributed by atoms with Gasteiger partial charge in [-0.3, -0.25) is 4.39 Å². The normalized spacial score (nSPS) is 20.3. The molecular formula is C36H74FNO10S7. The minimum Gasteiger partial charge on any atom is -0.304 e. The molecule has 11 nitrogen and oxygen atoms in total. The molecule has 0 radical (unpaired) electrons. The van der Waals surface area contributed by atoms with Crippen LogP contribution in [-0.2, 0) is 48.2 Å². The molecule has 0 N–H and O–H groups in total. The molecule has 0 aliphatic heterocycles. The highest BCUT2D eigenvalue weighted by atomic mass is 33.1. The Labute approximate surface area is 346 Å². The first-order chi connectivity index (χ1) is 26.1. The van der Waals surface area contributed by atoms with Crippen molar-refractivity contribution in [1.82, 2.24) is 4.90 Å². The molecule has 0 amide bonds. The fourth-order valence-electron chi connectivity index (χ4n) is 7.50. The van der Waals surface area contributed by atoms with Crippen molar-refractivity contribution in [2.75, 3.05) is 50.6 Å². The van der Waals surface area contributed by atoms with Crippen molar-refractivity contribution in [2.24, 2.45) is 0 Å². The molecule has 0 aromatic heterocycles. The summed E-state index contributed by atoms with van der Waals surface area (Å²) in [5, 5.41) is -2.36. The van der Waals surface area contributed by atoms with Crippen molar-refractivity contribution in [2.45, 2.75) is 174 Å². The quantitative estimate of drug-likeness (QED) is 0.164. The van der Waals surface area contributed by atoms with Gasteiger partial charge in [0, 0.05) is 6.26 Å². The lowest BCUT2D eigenvalue weighted by atomic mass is 10.0. The van der Waals surface area contributed by atoms with E-state index in [1.165, 1.54) is 32.1 Å². The number of sulfone groups is 4. The number of hydrogen-bond acceptors (Lipinski definition) is 13. The first-order valence-electron chi connectivity index (χ1n) is 20.6. The number of rotatable bonds is 13. The molecule has 0 saturated heterocycles. The van der Waals surface area contributed by atoms with E-state index in [9.17, 15) is 46.5 Å².